The van der Waals surface area contributed by atoms with E-state index in [1.165, 1.54) is 60.7 Å². The van der Waals surface area contributed by atoms with E-state index in [4.69, 9.17) is 25.8 Å². The summed E-state index contributed by atoms with van der Waals surface area (Å²) in [5, 5.41) is 26.9. The number of ether oxygens (including phenoxy) is 3. The van der Waals surface area contributed by atoms with Crippen LogP contribution in [0.25, 0.3) is 0 Å². The highest BCUT2D eigenvalue weighted by molar-refractivity contribution is 6.32. The number of esters is 1. The molecule has 49 heavy (non-hydrogen) atoms. The maximum Gasteiger partial charge on any atom is 0.412 e. The number of carboxylic acids is 2. The monoisotopic (exact) mass is 697 g/mol. The normalized spacial score (nSPS) is 12.5. The summed E-state index contributed by atoms with van der Waals surface area (Å²) >= 11 is 6.31. The van der Waals surface area contributed by atoms with E-state index in [2.05, 4.69) is 16.0 Å². The number of amides is 3. The molecule has 15 heteroatoms. The van der Waals surface area contributed by atoms with Gasteiger partial charge in [-0.05, 0) is 108 Å². The summed E-state index contributed by atoms with van der Waals surface area (Å²) < 4.78 is 15.7. The van der Waals surface area contributed by atoms with E-state index in [0.717, 1.165) is 6.07 Å². The van der Waals surface area contributed by atoms with E-state index in [-0.39, 0.29) is 27.5 Å². The fourth-order valence-electron chi connectivity index (χ4n) is 4.18. The second-order valence-corrected chi connectivity index (χ2v) is 13.0. The van der Waals surface area contributed by atoms with Crippen molar-refractivity contribution in [3.8, 4) is 5.75 Å². The number of hydrogen-bond acceptors (Lipinski definition) is 9. The van der Waals surface area contributed by atoms with Crippen LogP contribution in [0.5, 0.6) is 5.75 Å². The second kappa shape index (κ2) is 15.5. The third kappa shape index (κ3) is 11.5. The maximum atomic E-state index is 13.0. The molecule has 0 radical (unpaired) electrons. The first kappa shape index (κ1) is 37.8. The van der Waals surface area contributed by atoms with Gasteiger partial charge < -0.3 is 29.7 Å². The molecule has 3 amide bonds. The van der Waals surface area contributed by atoms with E-state index in [1.54, 1.807) is 41.5 Å². The lowest BCUT2D eigenvalue weighted by Crippen LogP contribution is -2.47. The van der Waals surface area contributed by atoms with Gasteiger partial charge in [-0.3, -0.25) is 20.2 Å². The number of carbonyl (C=O) groups is 6. The van der Waals surface area contributed by atoms with Gasteiger partial charge in [0, 0.05) is 16.9 Å². The van der Waals surface area contributed by atoms with Crippen LogP contribution in [0.1, 0.15) is 73.7 Å². The van der Waals surface area contributed by atoms with Crippen molar-refractivity contribution in [1.82, 2.24) is 5.32 Å². The van der Waals surface area contributed by atoms with Crippen molar-refractivity contribution in [2.24, 2.45) is 0 Å². The molecule has 3 rings (SSSR count). The van der Waals surface area contributed by atoms with E-state index >= 15 is 0 Å². The van der Waals surface area contributed by atoms with Gasteiger partial charge in [0.25, 0.3) is 5.91 Å². The number of benzene rings is 3. The van der Waals surface area contributed by atoms with E-state index < -0.39 is 59.2 Å². The average Bonchev–Trinajstić information content (AvgIpc) is 2.96. The quantitative estimate of drug-likeness (QED) is 0.117. The zero-order valence-corrected chi connectivity index (χ0v) is 28.2. The maximum absolute atomic E-state index is 13.0. The third-order valence-corrected chi connectivity index (χ3v) is 6.52. The predicted octanol–water partition coefficient (Wildman–Crippen LogP) is 6.30. The van der Waals surface area contributed by atoms with Crippen molar-refractivity contribution in [3.63, 3.8) is 0 Å². The summed E-state index contributed by atoms with van der Waals surface area (Å²) in [5.41, 5.74) is -0.790. The standard InChI is InChI=1S/C34H36ClN3O11/c1-33(2,3)48-31(45)36-21-12-7-18(8-13-21)27(39)38-26(29(42)43)25(28(40)41)20-11-16-24(23(35)17-20)47-30(44)19-9-14-22(15-10-19)37-32(46)49-34(4,5)6/h7-17,25-26H,1-6H3,(H,36,45)(H,37,46)(H,38,39)(H,40,41)(H,42,43). The zero-order chi connectivity index (χ0) is 36.7. The van der Waals surface area contributed by atoms with Gasteiger partial charge in [0.1, 0.15) is 28.9 Å². The van der Waals surface area contributed by atoms with Gasteiger partial charge in [-0.2, -0.15) is 0 Å². The highest BCUT2D eigenvalue weighted by Crippen LogP contribution is 2.31. The van der Waals surface area contributed by atoms with Gasteiger partial charge in [0.2, 0.25) is 0 Å². The molecule has 0 aliphatic heterocycles. The van der Waals surface area contributed by atoms with Gasteiger partial charge in [0.05, 0.1) is 10.6 Å². The lowest BCUT2D eigenvalue weighted by molar-refractivity contribution is -0.147. The summed E-state index contributed by atoms with van der Waals surface area (Å²) in [6, 6.07) is 12.7. The molecule has 2 atom stereocenters. The van der Waals surface area contributed by atoms with Crippen molar-refractivity contribution in [3.05, 3.63) is 88.4 Å². The molecule has 5 N–H and O–H groups in total. The smallest absolute Gasteiger partial charge is 0.412 e. The number of carboxylic acid groups (broad SMARTS) is 2. The fourth-order valence-corrected chi connectivity index (χ4v) is 4.41. The summed E-state index contributed by atoms with van der Waals surface area (Å²) in [5.74, 6) is -6.89. The van der Waals surface area contributed by atoms with Gasteiger partial charge in [-0.1, -0.05) is 17.7 Å². The Morgan fingerprint density at radius 2 is 1.14 bits per heavy atom. The van der Waals surface area contributed by atoms with Crippen LogP contribution in [0.15, 0.2) is 66.7 Å². The molecule has 3 aromatic carbocycles. The molecule has 260 valence electrons. The van der Waals surface area contributed by atoms with Crippen LogP contribution in [0.4, 0.5) is 21.0 Å². The number of anilines is 2. The van der Waals surface area contributed by atoms with Crippen LogP contribution in [0, 0.1) is 0 Å². The van der Waals surface area contributed by atoms with Crippen LogP contribution < -0.4 is 20.7 Å². The summed E-state index contributed by atoms with van der Waals surface area (Å²) in [7, 11) is 0. The van der Waals surface area contributed by atoms with Crippen LogP contribution in [0.3, 0.4) is 0 Å². The minimum Gasteiger partial charge on any atom is -0.481 e. The molecule has 2 unspecified atom stereocenters. The Kier molecular flexibility index (Phi) is 12.0. The number of carbonyl (C=O) groups excluding carboxylic acids is 4. The van der Waals surface area contributed by atoms with Gasteiger partial charge in [-0.15, -0.1) is 0 Å². The number of rotatable bonds is 10. The first-order valence-corrected chi connectivity index (χ1v) is 15.1. The Hall–Kier alpha value is -5.63. The summed E-state index contributed by atoms with van der Waals surface area (Å²) in [6.45, 7) is 10.2. The molecule has 0 heterocycles. The van der Waals surface area contributed by atoms with Crippen LogP contribution in [0.2, 0.25) is 5.02 Å². The minimum absolute atomic E-state index is 0.0147. The first-order valence-electron chi connectivity index (χ1n) is 14.7. The Balaban J connectivity index is 1.72. The molecule has 3 aromatic rings. The van der Waals surface area contributed by atoms with Crippen LogP contribution in [-0.2, 0) is 19.1 Å². The summed E-state index contributed by atoms with van der Waals surface area (Å²) in [6.07, 6.45) is -1.40. The Labute approximate surface area is 286 Å². The van der Waals surface area contributed by atoms with Crippen molar-refractivity contribution in [1.29, 1.82) is 0 Å². The molecular weight excluding hydrogens is 662 g/mol. The van der Waals surface area contributed by atoms with Crippen LogP contribution in [-0.4, -0.2) is 63.5 Å². The highest BCUT2D eigenvalue weighted by atomic mass is 35.5. The first-order chi connectivity index (χ1) is 22.7. The third-order valence-electron chi connectivity index (χ3n) is 6.23. The molecule has 0 saturated carbocycles. The van der Waals surface area contributed by atoms with Crippen molar-refractivity contribution in [2.75, 3.05) is 10.6 Å². The Morgan fingerprint density at radius 3 is 1.55 bits per heavy atom. The Bertz CT molecular complexity index is 1730. The molecule has 14 nitrogen and oxygen atoms in total. The topological polar surface area (TPSA) is 207 Å². The van der Waals surface area contributed by atoms with E-state index in [9.17, 15) is 39.0 Å². The molecule has 0 fully saturated rings. The SMILES string of the molecule is CC(C)(C)OC(=O)Nc1ccc(C(=O)NC(C(=O)O)C(C(=O)O)c2ccc(OC(=O)c3ccc(NC(=O)OC(C)(C)C)cc3)c(Cl)c2)cc1. The lowest BCUT2D eigenvalue weighted by Gasteiger charge is -2.22. The highest BCUT2D eigenvalue weighted by Gasteiger charge is 2.37. The molecule has 0 spiro atoms. The molecule has 0 aliphatic rings. The predicted molar refractivity (Wildman–Crippen MR) is 178 cm³/mol. The van der Waals surface area contributed by atoms with Gasteiger partial charge in [-0.25, -0.2) is 19.2 Å². The number of halogens is 1. The van der Waals surface area contributed by atoms with E-state index in [0.29, 0.717) is 11.4 Å². The number of aliphatic carboxylic acids is 2. The molecule has 0 bridgehead atoms. The number of nitrogens with one attached hydrogen (secondary N) is 3. The average molecular weight is 698 g/mol. The van der Waals surface area contributed by atoms with Crippen molar-refractivity contribution < 1.29 is 53.2 Å². The molecular formula is C34H36ClN3O11. The number of hydrogen-bond donors (Lipinski definition) is 5. The molecule has 0 aliphatic carbocycles. The fraction of sp³-hybridized carbons (Fsp3) is 0.294. The lowest BCUT2D eigenvalue weighted by atomic mass is 9.91. The molecule has 0 aromatic heterocycles. The van der Waals surface area contributed by atoms with E-state index in [1.807, 2.05) is 0 Å². The van der Waals surface area contributed by atoms with Crippen molar-refractivity contribution in [2.45, 2.75) is 64.7 Å². The largest absolute Gasteiger partial charge is 0.481 e. The Morgan fingerprint density at radius 1 is 0.673 bits per heavy atom. The van der Waals surface area contributed by atoms with Gasteiger partial charge in [0.15, 0.2) is 0 Å². The second-order valence-electron chi connectivity index (χ2n) is 12.6. The molecule has 0 saturated heterocycles. The van der Waals surface area contributed by atoms with Gasteiger partial charge >= 0.3 is 30.1 Å². The van der Waals surface area contributed by atoms with Crippen LogP contribution >= 0.6 is 11.6 Å². The summed E-state index contributed by atoms with van der Waals surface area (Å²) in [4.78, 5) is 74.2. The minimum atomic E-state index is -1.94. The van der Waals surface area contributed by atoms with Crippen molar-refractivity contribution >= 4 is 59.0 Å². The zero-order valence-electron chi connectivity index (χ0n) is 27.5.